The van der Waals surface area contributed by atoms with Crippen molar-refractivity contribution in [3.8, 4) is 5.75 Å². The topological polar surface area (TPSA) is 161 Å². The number of aromatic nitrogens is 4. The Kier molecular flexibility index (Phi) is 8.67. The smallest absolute Gasteiger partial charge is 0.380 e. The summed E-state index contributed by atoms with van der Waals surface area (Å²) in [6, 6.07) is 7.92. The number of fused-ring (bicyclic) bond motifs is 1. The zero-order chi connectivity index (χ0) is 31.1. The number of nitrogens with two attached hydrogens (primary N) is 1. The molecule has 1 fully saturated rings. The maximum atomic E-state index is 16.2. The van der Waals surface area contributed by atoms with E-state index in [4.69, 9.17) is 24.3 Å². The van der Waals surface area contributed by atoms with Gasteiger partial charge in [-0.25, -0.2) is 23.3 Å². The fourth-order valence-electron chi connectivity index (χ4n) is 4.41. The second-order valence-corrected chi connectivity index (χ2v) is 13.9. The second-order valence-electron chi connectivity index (χ2n) is 11.9. The first-order chi connectivity index (χ1) is 19.4. The number of hydrogen-bond donors (Lipinski definition) is 2. The molecule has 0 bridgehead atoms. The molecular formula is C27H36F2N5O7P. The summed E-state index contributed by atoms with van der Waals surface area (Å²) in [4.78, 5) is 24.9. The summed E-state index contributed by atoms with van der Waals surface area (Å²) in [7, 11) is -4.34. The second kappa shape index (κ2) is 11.5. The van der Waals surface area contributed by atoms with E-state index in [1.54, 1.807) is 25.1 Å². The average Bonchev–Trinajstić information content (AvgIpc) is 3.39. The number of para-hydroxylation sites is 1. The van der Waals surface area contributed by atoms with Crippen LogP contribution >= 0.6 is 7.60 Å². The summed E-state index contributed by atoms with van der Waals surface area (Å²) < 4.78 is 68.7. The first kappa shape index (κ1) is 31.7. The number of aryl methyl sites for hydroxylation is 1. The van der Waals surface area contributed by atoms with Crippen LogP contribution in [0.2, 0.25) is 0 Å². The van der Waals surface area contributed by atoms with Gasteiger partial charge in [0.2, 0.25) is 5.95 Å². The number of nitrogens with zero attached hydrogens (tertiary/aromatic N) is 4. The summed E-state index contributed by atoms with van der Waals surface area (Å²) in [5.74, 6) is -4.92. The van der Waals surface area contributed by atoms with Crippen LogP contribution in [0, 0.1) is 18.3 Å². The monoisotopic (exact) mass is 611 g/mol. The molecule has 2 aromatic heterocycles. The number of carbonyl (C=O) groups excluding carboxylic acids is 1. The number of benzene rings is 1. The third-order valence-electron chi connectivity index (χ3n) is 6.56. The number of rotatable bonds is 10. The van der Waals surface area contributed by atoms with Gasteiger partial charge in [-0.1, -0.05) is 45.9 Å². The first-order valence-corrected chi connectivity index (χ1v) is 15.0. The Morgan fingerprint density at radius 3 is 2.60 bits per heavy atom. The molecule has 1 aliphatic heterocycles. The minimum atomic E-state index is -4.34. The molecule has 12 nitrogen and oxygen atoms in total. The van der Waals surface area contributed by atoms with Crippen molar-refractivity contribution in [3.63, 3.8) is 0 Å². The molecule has 42 heavy (non-hydrogen) atoms. The van der Waals surface area contributed by atoms with E-state index in [9.17, 15) is 14.5 Å². The molecule has 15 heteroatoms. The summed E-state index contributed by atoms with van der Waals surface area (Å²) in [5, 5.41) is 11.1. The van der Waals surface area contributed by atoms with Crippen molar-refractivity contribution >= 4 is 30.7 Å². The van der Waals surface area contributed by atoms with E-state index in [-0.39, 0.29) is 29.4 Å². The highest BCUT2D eigenvalue weighted by Crippen LogP contribution is 2.54. The Balaban J connectivity index is 1.58. The number of esters is 1. The van der Waals surface area contributed by atoms with E-state index < -0.39 is 56.1 Å². The molecule has 3 heterocycles. The van der Waals surface area contributed by atoms with Crippen LogP contribution in [0.3, 0.4) is 0 Å². The zero-order valence-electron chi connectivity index (χ0n) is 24.3. The molecule has 3 N–H and O–H groups in total. The molecule has 230 valence electrons. The molecule has 0 amide bonds. The Bertz CT molecular complexity index is 1480. The number of hydrogen-bond acceptors (Lipinski definition) is 11. The lowest BCUT2D eigenvalue weighted by atomic mass is 9.97. The van der Waals surface area contributed by atoms with E-state index in [0.717, 1.165) is 11.5 Å². The van der Waals surface area contributed by atoms with E-state index >= 15 is 8.78 Å². The van der Waals surface area contributed by atoms with Crippen molar-refractivity contribution in [1.82, 2.24) is 19.5 Å². The number of halogens is 2. The molecule has 1 aromatic carbocycles. The summed E-state index contributed by atoms with van der Waals surface area (Å²) >= 11 is 0. The summed E-state index contributed by atoms with van der Waals surface area (Å²) in [6.07, 6.45) is -3.65. The quantitative estimate of drug-likeness (QED) is 0.245. The van der Waals surface area contributed by atoms with Crippen LogP contribution < -0.4 is 10.3 Å². The summed E-state index contributed by atoms with van der Waals surface area (Å²) in [6.45, 7) is 8.64. The lowest BCUT2D eigenvalue weighted by Crippen LogP contribution is -2.46. The maximum Gasteiger partial charge on any atom is 0.380 e. The minimum Gasteiger partial charge on any atom is -0.465 e. The van der Waals surface area contributed by atoms with Gasteiger partial charge in [-0.3, -0.25) is 13.9 Å². The van der Waals surface area contributed by atoms with Crippen molar-refractivity contribution in [3.05, 3.63) is 42.4 Å². The maximum absolute atomic E-state index is 16.2. The molecule has 1 unspecified atom stereocenters. The highest BCUT2D eigenvalue weighted by Gasteiger charge is 2.65. The zero-order valence-corrected chi connectivity index (χ0v) is 25.2. The third kappa shape index (κ3) is 6.72. The van der Waals surface area contributed by atoms with Crippen LogP contribution in [0.15, 0.2) is 36.7 Å². The van der Waals surface area contributed by atoms with Gasteiger partial charge in [-0.15, -0.1) is 0 Å². The van der Waals surface area contributed by atoms with E-state index in [2.05, 4.69) is 15.0 Å². The fraction of sp³-hybridized carbons (Fsp3) is 0.556. The number of anilines is 1. The van der Waals surface area contributed by atoms with Crippen LogP contribution in [-0.2, 0) is 23.4 Å². The highest BCUT2D eigenvalue weighted by atomic mass is 31.2. The third-order valence-corrected chi connectivity index (χ3v) is 8.56. The van der Waals surface area contributed by atoms with Crippen LogP contribution in [0.25, 0.3) is 11.2 Å². The Morgan fingerprint density at radius 2 is 1.95 bits per heavy atom. The highest BCUT2D eigenvalue weighted by molar-refractivity contribution is 7.54. The molecule has 0 radical (unpaired) electrons. The molecule has 0 spiro atoms. The molecular weight excluding hydrogens is 575 g/mol. The van der Waals surface area contributed by atoms with Gasteiger partial charge in [0.15, 0.2) is 18.0 Å². The molecule has 1 aliphatic rings. The van der Waals surface area contributed by atoms with Gasteiger partial charge in [-0.05, 0) is 31.4 Å². The molecule has 1 saturated heterocycles. The lowest BCUT2D eigenvalue weighted by molar-refractivity contribution is -0.192. The fourth-order valence-corrected chi connectivity index (χ4v) is 6.27. The van der Waals surface area contributed by atoms with Gasteiger partial charge >= 0.3 is 13.6 Å². The van der Waals surface area contributed by atoms with Crippen molar-refractivity contribution in [1.29, 1.82) is 0 Å². The minimum absolute atomic E-state index is 0.0864. The molecule has 3 aromatic rings. The first-order valence-electron chi connectivity index (χ1n) is 13.3. The predicted molar refractivity (Wildman–Crippen MR) is 149 cm³/mol. The number of alkyl halides is 2. The van der Waals surface area contributed by atoms with Gasteiger partial charge < -0.3 is 24.8 Å². The largest absolute Gasteiger partial charge is 0.465 e. The molecule has 6 atom stereocenters. The SMILES string of the molecule is Cc1nc(N)nc2c1ncn2[C@@H]1O[C@](F)(COP(=O)(C[C@@H](C)C(=O)OCC(C)(C)C)Oc2ccccc2)[C@@H](F)[C@@]1(C)O. The van der Waals surface area contributed by atoms with Crippen molar-refractivity contribution in [2.45, 2.75) is 65.4 Å². The van der Waals surface area contributed by atoms with Crippen LogP contribution in [-0.4, -0.2) is 67.6 Å². The molecule has 0 aliphatic carbocycles. The average molecular weight is 612 g/mol. The lowest BCUT2D eigenvalue weighted by Gasteiger charge is -2.27. The number of ether oxygens (including phenoxy) is 2. The number of carbonyl (C=O) groups is 1. The normalized spacial score (nSPS) is 26.6. The predicted octanol–water partition coefficient (Wildman–Crippen LogP) is 4.51. The van der Waals surface area contributed by atoms with Crippen LogP contribution in [0.1, 0.15) is 46.5 Å². The van der Waals surface area contributed by atoms with E-state index in [1.165, 1.54) is 25.4 Å². The number of imidazole rings is 1. The Labute approximate surface area is 242 Å². The van der Waals surface area contributed by atoms with Crippen molar-refractivity contribution < 1.29 is 41.8 Å². The van der Waals surface area contributed by atoms with Gasteiger partial charge in [0, 0.05) is 0 Å². The van der Waals surface area contributed by atoms with Gasteiger partial charge in [0.05, 0.1) is 30.7 Å². The van der Waals surface area contributed by atoms with Crippen LogP contribution in [0.5, 0.6) is 5.75 Å². The van der Waals surface area contributed by atoms with Gasteiger partial charge in [0.25, 0.3) is 5.85 Å². The Hall–Kier alpha value is -3.19. The molecule has 4 rings (SSSR count). The van der Waals surface area contributed by atoms with Crippen LogP contribution in [0.4, 0.5) is 14.7 Å². The molecule has 0 saturated carbocycles. The Morgan fingerprint density at radius 1 is 1.29 bits per heavy atom. The van der Waals surface area contributed by atoms with Gasteiger partial charge in [-0.2, -0.15) is 4.98 Å². The number of aliphatic hydroxyl groups is 1. The summed E-state index contributed by atoms with van der Waals surface area (Å²) in [5.41, 5.74) is 3.78. The van der Waals surface area contributed by atoms with Crippen molar-refractivity contribution in [2.75, 3.05) is 25.1 Å². The standard InChI is InChI=1S/C27H36F2N5O7P/c1-16(21(35)38-13-25(3,4)5)12-42(37,41-18-10-8-7-9-11-18)39-14-27(29)22(28)26(6,36)23(40-27)34-15-31-19-17(2)32-24(30)33-20(19)34/h7-11,15-16,22-23,36H,12-14H2,1-6H3,(H2,30,32,33)/t16-,22+,23-,26-,27-,42?/m1/s1. The van der Waals surface area contributed by atoms with Gasteiger partial charge in [0.1, 0.15) is 23.5 Å². The number of nitrogen functional groups attached to an aromatic ring is 1. The van der Waals surface area contributed by atoms with E-state index in [1.807, 2.05) is 20.8 Å². The van der Waals surface area contributed by atoms with E-state index in [0.29, 0.717) is 11.2 Å². The van der Waals surface area contributed by atoms with Crippen molar-refractivity contribution in [2.24, 2.45) is 11.3 Å².